The topological polar surface area (TPSA) is 71.2 Å². The molecule has 1 spiro atoms. The summed E-state index contributed by atoms with van der Waals surface area (Å²) in [4.78, 5) is 13.0. The van der Waals surface area contributed by atoms with Gasteiger partial charge in [0, 0.05) is 48.8 Å². The van der Waals surface area contributed by atoms with Gasteiger partial charge in [-0.05, 0) is 78.0 Å². The Morgan fingerprint density at radius 1 is 0.853 bits per heavy atom. The highest BCUT2D eigenvalue weighted by molar-refractivity contribution is 14.1. The van der Waals surface area contributed by atoms with Crippen molar-refractivity contribution in [1.82, 2.24) is 20.2 Å². The van der Waals surface area contributed by atoms with Crippen LogP contribution in [0.4, 0.5) is 20.4 Å². The fraction of sp³-hybridized carbons (Fsp3) is 0.500. The van der Waals surface area contributed by atoms with E-state index >= 15 is 0 Å². The minimum atomic E-state index is -2.62. The summed E-state index contributed by atoms with van der Waals surface area (Å²) >= 11 is 2.34. The van der Waals surface area contributed by atoms with Crippen molar-refractivity contribution in [2.45, 2.75) is 44.4 Å². The molecular weight excluding hydrogens is 553 g/mol. The number of rotatable bonds is 4. The number of aromatic nitrogens is 4. The van der Waals surface area contributed by atoms with Crippen LogP contribution in [0, 0.1) is 8.99 Å². The fourth-order valence-electron chi connectivity index (χ4n) is 4.94. The summed E-state index contributed by atoms with van der Waals surface area (Å²) in [7, 11) is 0. The normalized spacial score (nSPS) is 21.1. The number of nitrogens with zero attached hydrogens (tertiary/aromatic N) is 6. The number of hydrogen-bond acceptors (Lipinski definition) is 7. The van der Waals surface area contributed by atoms with Crippen LogP contribution < -0.4 is 9.80 Å². The lowest BCUT2D eigenvalue weighted by molar-refractivity contribution is -0.0222. The van der Waals surface area contributed by atoms with E-state index in [4.69, 9.17) is 4.42 Å². The fourth-order valence-corrected chi connectivity index (χ4v) is 5.41. The Kier molecular flexibility index (Phi) is 5.45. The zero-order chi connectivity index (χ0) is 23.3. The van der Waals surface area contributed by atoms with Crippen molar-refractivity contribution in [2.24, 2.45) is 5.41 Å². The molecule has 0 N–H and O–H groups in total. The van der Waals surface area contributed by atoms with E-state index in [9.17, 15) is 8.78 Å². The summed E-state index contributed by atoms with van der Waals surface area (Å²) in [6.07, 6.45) is 6.42. The van der Waals surface area contributed by atoms with Crippen molar-refractivity contribution in [3.63, 3.8) is 0 Å². The molecule has 0 bridgehead atoms. The third-order valence-electron chi connectivity index (χ3n) is 7.38. The molecule has 1 saturated carbocycles. The Morgan fingerprint density at radius 2 is 1.56 bits per heavy atom. The van der Waals surface area contributed by atoms with Gasteiger partial charge in [0.1, 0.15) is 5.69 Å². The molecule has 0 radical (unpaired) electrons. The maximum absolute atomic E-state index is 13.5. The van der Waals surface area contributed by atoms with Crippen LogP contribution in [0.5, 0.6) is 0 Å². The Bertz CT molecular complexity index is 1190. The standard InChI is InChI=1S/C24H25F2IN6O/c25-24(26)8-13-33(14-9-24)22-28-10-3-18(29-22)21-31-30-20(34-21)17-2-1-16(27)15-19(17)32-11-6-23(4-5-23)7-12-32/h1-3,10,15H,4-9,11-14H2. The van der Waals surface area contributed by atoms with Crippen LogP contribution in [0.2, 0.25) is 0 Å². The van der Waals surface area contributed by atoms with Crippen LogP contribution in [-0.4, -0.2) is 52.3 Å². The smallest absolute Gasteiger partial charge is 0.266 e. The van der Waals surface area contributed by atoms with E-state index in [-0.39, 0.29) is 25.9 Å². The molecule has 0 unspecified atom stereocenters. The zero-order valence-electron chi connectivity index (χ0n) is 18.7. The van der Waals surface area contributed by atoms with Gasteiger partial charge in [-0.15, -0.1) is 10.2 Å². The minimum absolute atomic E-state index is 0.196. The molecule has 1 aliphatic carbocycles. The van der Waals surface area contributed by atoms with Crippen molar-refractivity contribution in [3.05, 3.63) is 34.0 Å². The van der Waals surface area contributed by atoms with Crippen molar-refractivity contribution in [2.75, 3.05) is 36.0 Å². The summed E-state index contributed by atoms with van der Waals surface area (Å²) in [5.74, 6) is -1.47. The van der Waals surface area contributed by atoms with E-state index in [1.165, 1.54) is 25.7 Å². The van der Waals surface area contributed by atoms with Gasteiger partial charge in [0.25, 0.3) is 11.8 Å². The maximum Gasteiger partial charge on any atom is 0.266 e. The molecule has 3 aromatic rings. The van der Waals surface area contributed by atoms with Crippen LogP contribution in [0.25, 0.3) is 23.0 Å². The number of halogens is 3. The molecular formula is C24H25F2IN6O. The van der Waals surface area contributed by atoms with Crippen LogP contribution in [-0.2, 0) is 0 Å². The second kappa shape index (κ2) is 8.39. The predicted octanol–water partition coefficient (Wildman–Crippen LogP) is 5.41. The quantitative estimate of drug-likeness (QED) is 0.384. The van der Waals surface area contributed by atoms with Gasteiger partial charge in [0.15, 0.2) is 0 Å². The Morgan fingerprint density at radius 3 is 2.29 bits per heavy atom. The van der Waals surface area contributed by atoms with Crippen molar-refractivity contribution in [1.29, 1.82) is 0 Å². The van der Waals surface area contributed by atoms with Crippen LogP contribution in [0.1, 0.15) is 38.5 Å². The molecule has 10 heteroatoms. The Hall–Kier alpha value is -2.37. The number of piperidine rings is 2. The lowest BCUT2D eigenvalue weighted by Crippen LogP contribution is -2.40. The van der Waals surface area contributed by atoms with Gasteiger partial charge in [0.2, 0.25) is 11.8 Å². The van der Waals surface area contributed by atoms with E-state index in [2.05, 4.69) is 53.7 Å². The van der Waals surface area contributed by atoms with E-state index in [0.717, 1.165) is 27.9 Å². The number of hydrogen-bond donors (Lipinski definition) is 0. The third kappa shape index (κ3) is 4.36. The summed E-state index contributed by atoms with van der Waals surface area (Å²) in [5.41, 5.74) is 3.13. The molecule has 6 rings (SSSR count). The number of benzene rings is 1. The highest BCUT2D eigenvalue weighted by Gasteiger charge is 2.44. The zero-order valence-corrected chi connectivity index (χ0v) is 20.8. The molecule has 34 heavy (non-hydrogen) atoms. The second-order valence-electron chi connectivity index (χ2n) is 9.65. The van der Waals surface area contributed by atoms with E-state index in [1.807, 2.05) is 12.1 Å². The predicted molar refractivity (Wildman–Crippen MR) is 133 cm³/mol. The minimum Gasteiger partial charge on any atom is -0.415 e. The molecule has 2 aliphatic heterocycles. The average Bonchev–Trinajstić information content (AvgIpc) is 3.40. The van der Waals surface area contributed by atoms with Crippen molar-refractivity contribution >= 4 is 34.2 Å². The van der Waals surface area contributed by atoms with Gasteiger partial charge < -0.3 is 14.2 Å². The van der Waals surface area contributed by atoms with Gasteiger partial charge in [-0.2, -0.15) is 0 Å². The van der Waals surface area contributed by atoms with Gasteiger partial charge >= 0.3 is 0 Å². The average molecular weight is 578 g/mol. The van der Waals surface area contributed by atoms with Crippen molar-refractivity contribution < 1.29 is 13.2 Å². The summed E-state index contributed by atoms with van der Waals surface area (Å²) < 4.78 is 34.3. The SMILES string of the molecule is FC1(F)CCN(c2nccc(-c3nnc(-c4ccc(I)cc4N4CCC5(CC4)CC5)o3)n2)CC1. The lowest BCUT2D eigenvalue weighted by atomic mass is 9.93. The van der Waals surface area contributed by atoms with Crippen LogP contribution in [0.15, 0.2) is 34.9 Å². The number of anilines is 2. The molecule has 7 nitrogen and oxygen atoms in total. The van der Waals surface area contributed by atoms with Gasteiger partial charge in [-0.3, -0.25) is 0 Å². The van der Waals surface area contributed by atoms with E-state index < -0.39 is 5.92 Å². The van der Waals surface area contributed by atoms with Gasteiger partial charge in [0.05, 0.1) is 11.3 Å². The Balaban J connectivity index is 1.25. The molecule has 2 aromatic heterocycles. The van der Waals surface area contributed by atoms with Crippen molar-refractivity contribution in [3.8, 4) is 23.0 Å². The maximum atomic E-state index is 13.5. The monoisotopic (exact) mass is 578 g/mol. The van der Waals surface area contributed by atoms with Gasteiger partial charge in [-0.1, -0.05) is 0 Å². The highest BCUT2D eigenvalue weighted by atomic mass is 127. The van der Waals surface area contributed by atoms with E-state index in [0.29, 0.717) is 28.8 Å². The van der Waals surface area contributed by atoms with Gasteiger partial charge in [-0.25, -0.2) is 18.7 Å². The first-order chi connectivity index (χ1) is 16.4. The highest BCUT2D eigenvalue weighted by Crippen LogP contribution is 2.54. The molecule has 4 heterocycles. The summed E-state index contributed by atoms with van der Waals surface area (Å²) in [6.45, 7) is 2.51. The summed E-state index contributed by atoms with van der Waals surface area (Å²) in [5, 5.41) is 8.58. The third-order valence-corrected chi connectivity index (χ3v) is 8.05. The largest absolute Gasteiger partial charge is 0.415 e. The molecule has 3 aliphatic rings. The first-order valence-electron chi connectivity index (χ1n) is 11.7. The molecule has 178 valence electrons. The molecule has 0 atom stereocenters. The van der Waals surface area contributed by atoms with Crippen LogP contribution >= 0.6 is 22.6 Å². The lowest BCUT2D eigenvalue weighted by Gasteiger charge is -2.34. The van der Waals surface area contributed by atoms with Crippen LogP contribution in [0.3, 0.4) is 0 Å². The molecule has 3 fully saturated rings. The summed E-state index contributed by atoms with van der Waals surface area (Å²) in [6, 6.07) is 7.97. The molecule has 0 amide bonds. The molecule has 2 saturated heterocycles. The molecule has 1 aromatic carbocycles. The first kappa shape index (κ1) is 22.1. The van der Waals surface area contributed by atoms with E-state index in [1.54, 1.807) is 17.2 Å². The second-order valence-corrected chi connectivity index (χ2v) is 10.9. The number of alkyl halides is 2. The Labute approximate surface area is 210 Å². The first-order valence-corrected chi connectivity index (χ1v) is 12.8.